The van der Waals surface area contributed by atoms with Crippen LogP contribution < -0.4 is 34.8 Å². The first-order valence-corrected chi connectivity index (χ1v) is 26.0. The zero-order valence-corrected chi connectivity index (χ0v) is 40.9. The Morgan fingerprint density at radius 3 is 2.31 bits per heavy atom. The summed E-state index contributed by atoms with van der Waals surface area (Å²) in [5.74, 6) is -1.61. The van der Waals surface area contributed by atoms with Crippen molar-refractivity contribution in [1.82, 2.24) is 25.1 Å². The van der Waals surface area contributed by atoms with E-state index in [4.69, 9.17) is 9.72 Å². The van der Waals surface area contributed by atoms with Crippen molar-refractivity contribution in [3.63, 3.8) is 0 Å². The van der Waals surface area contributed by atoms with Crippen molar-refractivity contribution in [2.45, 2.75) is 70.3 Å². The second kappa shape index (κ2) is 19.8. The fourth-order valence-electron chi connectivity index (χ4n) is 10.5. The summed E-state index contributed by atoms with van der Waals surface area (Å²) in [5.41, 5.74) is 5.17. The average molecular weight is 1020 g/mol. The van der Waals surface area contributed by atoms with Gasteiger partial charge < -0.3 is 30.1 Å². The molecule has 1 unspecified atom stereocenters. The lowest BCUT2D eigenvalue weighted by Crippen LogP contribution is -2.56. The maximum absolute atomic E-state index is 15.2. The lowest BCUT2D eigenvalue weighted by Gasteiger charge is -2.43. The molecule has 0 aliphatic carbocycles. The third-order valence-corrected chi connectivity index (χ3v) is 15.9. The van der Waals surface area contributed by atoms with Gasteiger partial charge in [0.2, 0.25) is 33.7 Å². The number of halogens is 3. The second-order valence-electron chi connectivity index (χ2n) is 18.5. The van der Waals surface area contributed by atoms with Crippen molar-refractivity contribution in [2.24, 2.45) is 5.92 Å². The van der Waals surface area contributed by atoms with Gasteiger partial charge in [-0.2, -0.15) is 4.98 Å². The number of aromatic nitrogens is 2. The Bertz CT molecular complexity index is 2690. The molecule has 20 heteroatoms. The molecule has 4 saturated heterocycles. The van der Waals surface area contributed by atoms with E-state index in [1.807, 2.05) is 35.2 Å². The van der Waals surface area contributed by atoms with Crippen LogP contribution in [-0.2, 0) is 30.8 Å². The number of fused-ring (bicyclic) bond motifs is 1. The SMILES string of the molecule is COc1cc(N2CCC(N3CCN(CCC4CCN(c5cc(F)c(C6CCC(=O)NC6=O)c(F)c5)CC4)CC3=O)CC2)c(C)cc1Nc1ncc(Br)c(Nc2cccc3c2N(S(C)(=O)=O)CC3)n1. The second-order valence-corrected chi connectivity index (χ2v) is 21.3. The molecule has 5 aliphatic rings. The number of carbonyl (C=O) groups is 3. The zero-order chi connectivity index (χ0) is 47.9. The monoisotopic (exact) mass is 1020 g/mol. The predicted octanol–water partition coefficient (Wildman–Crippen LogP) is 6.58. The number of sulfonamides is 1. The number of piperidine rings is 3. The topological polar surface area (TPSA) is 173 Å². The molecule has 0 bridgehead atoms. The van der Waals surface area contributed by atoms with Gasteiger partial charge in [-0.3, -0.25) is 28.9 Å². The Morgan fingerprint density at radius 1 is 0.882 bits per heavy atom. The minimum atomic E-state index is -3.46. The van der Waals surface area contributed by atoms with Gasteiger partial charge in [0.05, 0.1) is 47.4 Å². The van der Waals surface area contributed by atoms with Crippen LogP contribution in [0, 0.1) is 24.5 Å². The molecule has 4 fully saturated rings. The van der Waals surface area contributed by atoms with Crippen LogP contribution in [0.4, 0.5) is 49.0 Å². The number of benzene rings is 3. The molecule has 1 atom stereocenters. The van der Waals surface area contributed by atoms with E-state index in [0.29, 0.717) is 89.8 Å². The summed E-state index contributed by atoms with van der Waals surface area (Å²) in [4.78, 5) is 55.3. The van der Waals surface area contributed by atoms with Crippen LogP contribution in [0.3, 0.4) is 0 Å². The number of anilines is 7. The third-order valence-electron chi connectivity index (χ3n) is 14.2. The molecular weight excluding hydrogens is 963 g/mol. The summed E-state index contributed by atoms with van der Waals surface area (Å²) in [6.45, 7) is 8.10. The highest BCUT2D eigenvalue weighted by atomic mass is 79.9. The van der Waals surface area contributed by atoms with Gasteiger partial charge in [0.25, 0.3) is 0 Å². The van der Waals surface area contributed by atoms with Crippen molar-refractivity contribution in [2.75, 3.05) is 97.0 Å². The minimum Gasteiger partial charge on any atom is -0.494 e. The molecule has 9 rings (SSSR count). The van der Waals surface area contributed by atoms with Gasteiger partial charge in [0.1, 0.15) is 23.2 Å². The number of hydrogen-bond donors (Lipinski definition) is 3. The molecule has 16 nitrogen and oxygen atoms in total. The lowest BCUT2D eigenvalue weighted by molar-refractivity contribution is -0.139. The van der Waals surface area contributed by atoms with Gasteiger partial charge in [0.15, 0.2) is 0 Å². The number of piperazine rings is 1. The van der Waals surface area contributed by atoms with Gasteiger partial charge in [-0.05, 0) is 116 Å². The molecule has 5 aliphatic heterocycles. The molecule has 3 amide bonds. The summed E-state index contributed by atoms with van der Waals surface area (Å²) in [7, 11) is -1.84. The van der Waals surface area contributed by atoms with E-state index in [-0.39, 0.29) is 30.4 Å². The van der Waals surface area contributed by atoms with Crippen LogP contribution in [0.5, 0.6) is 5.75 Å². The van der Waals surface area contributed by atoms with E-state index in [0.717, 1.165) is 75.1 Å². The lowest BCUT2D eigenvalue weighted by atomic mass is 9.89. The van der Waals surface area contributed by atoms with E-state index < -0.39 is 39.4 Å². The van der Waals surface area contributed by atoms with Crippen LogP contribution in [0.2, 0.25) is 0 Å². The maximum atomic E-state index is 15.2. The fraction of sp³-hybridized carbons (Fsp3) is 0.479. The summed E-state index contributed by atoms with van der Waals surface area (Å²) in [6.07, 6.45) is 8.02. The van der Waals surface area contributed by atoms with Crippen LogP contribution in [0.1, 0.15) is 67.6 Å². The van der Waals surface area contributed by atoms with Crippen molar-refractivity contribution in [3.8, 4) is 5.75 Å². The highest BCUT2D eigenvalue weighted by Crippen LogP contribution is 2.41. The Labute approximate surface area is 404 Å². The Kier molecular flexibility index (Phi) is 13.8. The Morgan fingerprint density at radius 2 is 1.62 bits per heavy atom. The van der Waals surface area contributed by atoms with E-state index >= 15 is 8.78 Å². The van der Waals surface area contributed by atoms with Crippen molar-refractivity contribution >= 4 is 83.9 Å². The molecule has 0 spiro atoms. The number of carbonyl (C=O) groups excluding carboxylic acids is 3. The first kappa shape index (κ1) is 47.5. The fourth-order valence-corrected chi connectivity index (χ4v) is 11.8. The van der Waals surface area contributed by atoms with Crippen molar-refractivity contribution in [3.05, 3.63) is 81.5 Å². The number of amides is 3. The number of nitrogens with zero attached hydrogens (tertiary/aromatic N) is 7. The molecule has 4 aromatic rings. The van der Waals surface area contributed by atoms with Crippen LogP contribution in [0.15, 0.2) is 53.1 Å². The van der Waals surface area contributed by atoms with Crippen molar-refractivity contribution < 1.29 is 36.3 Å². The molecule has 3 N–H and O–H groups in total. The summed E-state index contributed by atoms with van der Waals surface area (Å²) in [5, 5.41) is 8.82. The number of imide groups is 1. The normalized spacial score (nSPS) is 19.9. The number of nitrogens with one attached hydrogen (secondary N) is 3. The number of ether oxygens (including phenoxy) is 1. The predicted molar refractivity (Wildman–Crippen MR) is 261 cm³/mol. The van der Waals surface area contributed by atoms with Gasteiger partial charge >= 0.3 is 0 Å². The standard InChI is InChI=1S/C48H57BrF2N10O6S/c1-29-23-39(54-48-52-27-35(49)46(56-48)53-38-6-4-5-31-12-20-61(45(31)38)68(3,65)66)41(67-2)26-40(29)59-18-13-32(14-19-59)60-22-21-57(28-43(60)63)15-9-30-10-16-58(17-11-30)33-24-36(50)44(37(51)25-33)34-7-8-42(62)55-47(34)64/h4-6,23-27,30,32,34H,7-22,28H2,1-3H3,(H,55,62,64)(H2,52,53,54,56). The van der Waals surface area contributed by atoms with Crippen LogP contribution in [-0.4, -0.2) is 124 Å². The number of rotatable bonds is 13. The number of para-hydroxylation sites is 1. The smallest absolute Gasteiger partial charge is 0.237 e. The number of aryl methyl sites for hydroxylation is 1. The quantitative estimate of drug-likeness (QED) is 0.123. The highest BCUT2D eigenvalue weighted by Gasteiger charge is 2.35. The molecular formula is C48H57BrF2N10O6S. The first-order valence-electron chi connectivity index (χ1n) is 23.3. The van der Waals surface area contributed by atoms with Gasteiger partial charge in [0, 0.05) is 87.5 Å². The highest BCUT2D eigenvalue weighted by molar-refractivity contribution is 9.10. The van der Waals surface area contributed by atoms with Crippen LogP contribution >= 0.6 is 15.9 Å². The minimum absolute atomic E-state index is 0.0492. The van der Waals surface area contributed by atoms with Crippen molar-refractivity contribution in [1.29, 1.82) is 0 Å². The number of methoxy groups -OCH3 is 1. The van der Waals surface area contributed by atoms with E-state index in [9.17, 15) is 22.8 Å². The third kappa shape index (κ3) is 10.1. The molecule has 68 heavy (non-hydrogen) atoms. The first-order chi connectivity index (χ1) is 32.6. The molecule has 6 heterocycles. The summed E-state index contributed by atoms with van der Waals surface area (Å²) >= 11 is 3.55. The van der Waals surface area contributed by atoms with Gasteiger partial charge in [-0.1, -0.05) is 12.1 Å². The summed E-state index contributed by atoms with van der Waals surface area (Å²) in [6, 6.07) is 12.5. The molecule has 0 radical (unpaired) electrons. The molecule has 1 aromatic heterocycles. The Hall–Kier alpha value is -5.60. The Balaban J connectivity index is 0.744. The zero-order valence-electron chi connectivity index (χ0n) is 38.5. The van der Waals surface area contributed by atoms with E-state index in [2.05, 4.69) is 58.5 Å². The van der Waals surface area contributed by atoms with Crippen LogP contribution in [0.25, 0.3) is 0 Å². The van der Waals surface area contributed by atoms with Gasteiger partial charge in [-0.15, -0.1) is 0 Å². The molecule has 0 saturated carbocycles. The average Bonchev–Trinajstić information content (AvgIpc) is 3.77. The summed E-state index contributed by atoms with van der Waals surface area (Å²) < 4.78 is 63.5. The number of hydrogen-bond acceptors (Lipinski definition) is 13. The van der Waals surface area contributed by atoms with E-state index in [1.54, 1.807) is 13.3 Å². The maximum Gasteiger partial charge on any atom is 0.237 e. The largest absolute Gasteiger partial charge is 0.494 e. The van der Waals surface area contributed by atoms with E-state index in [1.165, 1.54) is 22.7 Å². The van der Waals surface area contributed by atoms with Gasteiger partial charge in [-0.25, -0.2) is 22.2 Å². The molecule has 362 valence electrons. The molecule has 3 aromatic carbocycles.